The minimum absolute atomic E-state index is 0.183. The molecule has 0 fully saturated rings. The Hall–Kier alpha value is -2.64. The maximum atomic E-state index is 11.6. The van der Waals surface area contributed by atoms with Crippen LogP contribution in [0.1, 0.15) is 39.0 Å². The molecule has 0 spiro atoms. The number of urea groups is 1. The maximum absolute atomic E-state index is 11.6. The van der Waals surface area contributed by atoms with E-state index >= 15 is 0 Å². The Morgan fingerprint density at radius 2 is 1.88 bits per heavy atom. The number of anilines is 1. The normalized spacial score (nSPS) is 10.5. The molecule has 1 N–H and O–H groups in total. The second-order valence-corrected chi connectivity index (χ2v) is 6.03. The summed E-state index contributed by atoms with van der Waals surface area (Å²) >= 11 is 0. The maximum Gasteiger partial charge on any atom is 0.361 e. The first-order chi connectivity index (χ1) is 12.1. The van der Waals surface area contributed by atoms with Gasteiger partial charge in [0.15, 0.2) is 0 Å². The average molecular weight is 346 g/mol. The number of nitrogens with zero attached hydrogens (tertiary/aromatic N) is 5. The highest BCUT2D eigenvalue weighted by Gasteiger charge is 2.07. The van der Waals surface area contributed by atoms with Gasteiger partial charge in [-0.1, -0.05) is 42.8 Å². The number of benzene rings is 1. The van der Waals surface area contributed by atoms with Crippen molar-refractivity contribution in [1.82, 2.24) is 25.1 Å². The Bertz CT molecular complexity index is 653. The van der Waals surface area contributed by atoms with E-state index in [1.807, 2.05) is 0 Å². The molecule has 0 unspecified atom stereocenters. The highest BCUT2D eigenvalue weighted by molar-refractivity contribution is 5.88. The summed E-state index contributed by atoms with van der Waals surface area (Å²) in [7, 11) is 3.37. The molecule has 2 amide bonds. The van der Waals surface area contributed by atoms with Crippen LogP contribution in [0, 0.1) is 0 Å². The molecule has 0 bridgehead atoms. The second-order valence-electron chi connectivity index (χ2n) is 6.03. The van der Waals surface area contributed by atoms with Gasteiger partial charge in [-0.2, -0.15) is 4.80 Å². The predicted octanol–water partition coefficient (Wildman–Crippen LogP) is 3.53. The molecule has 8 nitrogen and oxygen atoms in total. The Balaban J connectivity index is 1.81. The zero-order chi connectivity index (χ0) is 18.1. The summed E-state index contributed by atoms with van der Waals surface area (Å²) in [6.45, 7) is 2.95. The summed E-state index contributed by atoms with van der Waals surface area (Å²) in [5.41, 5.74) is 0.690. The van der Waals surface area contributed by atoms with Gasteiger partial charge in [0, 0.05) is 19.8 Å². The highest BCUT2D eigenvalue weighted by atomic mass is 16.5. The predicted molar refractivity (Wildman–Crippen MR) is 95.8 cm³/mol. The Labute approximate surface area is 148 Å². The molecular weight excluding hydrogens is 320 g/mol. The van der Waals surface area contributed by atoms with Gasteiger partial charge in [-0.3, -0.25) is 0 Å². The number of carbonyl (C=O) groups excluding carboxylic acids is 1. The fourth-order valence-corrected chi connectivity index (χ4v) is 2.17. The fourth-order valence-electron chi connectivity index (χ4n) is 2.17. The Morgan fingerprint density at radius 1 is 1.16 bits per heavy atom. The van der Waals surface area contributed by atoms with E-state index in [4.69, 9.17) is 4.74 Å². The molecule has 0 atom stereocenters. The van der Waals surface area contributed by atoms with Crippen LogP contribution in [0.5, 0.6) is 11.8 Å². The van der Waals surface area contributed by atoms with Gasteiger partial charge in [-0.05, 0) is 35.9 Å². The standard InChI is InChI=1S/C17H26N6O2/c1-4-5-6-7-8-13-23-20-16(19-21-23)25-15-11-9-14(10-12-15)18-17(24)22(2)3/h9-12H,4-8,13H2,1-3H3,(H,18,24). The van der Waals surface area contributed by atoms with Crippen molar-refractivity contribution in [2.24, 2.45) is 0 Å². The van der Waals surface area contributed by atoms with E-state index in [9.17, 15) is 4.79 Å². The molecule has 2 aromatic rings. The molecule has 136 valence electrons. The number of hydrogen-bond acceptors (Lipinski definition) is 5. The van der Waals surface area contributed by atoms with Crippen LogP contribution >= 0.6 is 0 Å². The van der Waals surface area contributed by atoms with Crippen LogP contribution in [-0.2, 0) is 6.54 Å². The van der Waals surface area contributed by atoms with E-state index < -0.39 is 0 Å². The van der Waals surface area contributed by atoms with E-state index in [0.717, 1.165) is 13.0 Å². The molecule has 0 saturated carbocycles. The lowest BCUT2D eigenvalue weighted by Crippen LogP contribution is -2.27. The van der Waals surface area contributed by atoms with Crippen molar-refractivity contribution in [3.63, 3.8) is 0 Å². The molecule has 1 aromatic heterocycles. The second kappa shape index (κ2) is 9.61. The molecule has 0 aliphatic carbocycles. The number of rotatable bonds is 9. The van der Waals surface area contributed by atoms with Gasteiger partial charge in [-0.25, -0.2) is 4.79 Å². The third-order valence-electron chi connectivity index (χ3n) is 3.62. The van der Waals surface area contributed by atoms with Gasteiger partial charge in [0.2, 0.25) is 0 Å². The summed E-state index contributed by atoms with van der Waals surface area (Å²) in [4.78, 5) is 14.6. The number of amides is 2. The highest BCUT2D eigenvalue weighted by Crippen LogP contribution is 2.20. The zero-order valence-corrected chi connectivity index (χ0v) is 15.1. The number of tetrazole rings is 1. The Morgan fingerprint density at radius 3 is 2.56 bits per heavy atom. The monoisotopic (exact) mass is 346 g/mol. The van der Waals surface area contributed by atoms with E-state index in [-0.39, 0.29) is 12.0 Å². The first kappa shape index (κ1) is 18.7. The number of nitrogens with one attached hydrogen (secondary N) is 1. The smallest absolute Gasteiger partial charge is 0.361 e. The van der Waals surface area contributed by atoms with Crippen LogP contribution in [0.15, 0.2) is 24.3 Å². The third-order valence-corrected chi connectivity index (χ3v) is 3.62. The molecule has 0 aliphatic heterocycles. The van der Waals surface area contributed by atoms with Gasteiger partial charge in [-0.15, -0.1) is 0 Å². The van der Waals surface area contributed by atoms with Crippen LogP contribution in [-0.4, -0.2) is 45.2 Å². The van der Waals surface area contributed by atoms with E-state index in [1.54, 1.807) is 43.2 Å². The molecule has 0 aliphatic rings. The molecule has 1 aromatic carbocycles. The van der Waals surface area contributed by atoms with E-state index in [0.29, 0.717) is 11.4 Å². The molecule has 0 saturated heterocycles. The van der Waals surface area contributed by atoms with Crippen molar-refractivity contribution >= 4 is 11.7 Å². The SMILES string of the molecule is CCCCCCCn1nnc(Oc2ccc(NC(=O)N(C)C)cc2)n1. The summed E-state index contributed by atoms with van der Waals surface area (Å²) < 4.78 is 5.58. The number of unbranched alkanes of at least 4 members (excludes halogenated alkanes) is 4. The van der Waals surface area contributed by atoms with Crippen LogP contribution in [0.3, 0.4) is 0 Å². The number of aryl methyl sites for hydroxylation is 1. The minimum Gasteiger partial charge on any atom is -0.422 e. The lowest BCUT2D eigenvalue weighted by atomic mass is 10.2. The van der Waals surface area contributed by atoms with Crippen LogP contribution < -0.4 is 10.1 Å². The first-order valence-electron chi connectivity index (χ1n) is 8.62. The lowest BCUT2D eigenvalue weighted by molar-refractivity contribution is 0.230. The Kier molecular flexibility index (Phi) is 7.18. The largest absolute Gasteiger partial charge is 0.422 e. The summed E-state index contributed by atoms with van der Waals surface area (Å²) in [5, 5.41) is 14.9. The number of carbonyl (C=O) groups is 1. The van der Waals surface area contributed by atoms with Crippen LogP contribution in [0.4, 0.5) is 10.5 Å². The van der Waals surface area contributed by atoms with Crippen molar-refractivity contribution in [3.8, 4) is 11.8 Å². The van der Waals surface area contributed by atoms with Gasteiger partial charge in [0.25, 0.3) is 0 Å². The fraction of sp³-hybridized carbons (Fsp3) is 0.529. The minimum atomic E-state index is -0.183. The van der Waals surface area contributed by atoms with Crippen molar-refractivity contribution in [1.29, 1.82) is 0 Å². The van der Waals surface area contributed by atoms with Crippen LogP contribution in [0.2, 0.25) is 0 Å². The molecular formula is C17H26N6O2. The summed E-state index contributed by atoms with van der Waals surface area (Å²) in [5.74, 6) is 0.588. The topological polar surface area (TPSA) is 85.2 Å². The molecule has 25 heavy (non-hydrogen) atoms. The van der Waals surface area contributed by atoms with Crippen LogP contribution in [0.25, 0.3) is 0 Å². The van der Waals surface area contributed by atoms with Crippen molar-refractivity contribution in [3.05, 3.63) is 24.3 Å². The third kappa shape index (κ3) is 6.40. The van der Waals surface area contributed by atoms with Gasteiger partial charge in [0.1, 0.15) is 5.75 Å². The van der Waals surface area contributed by atoms with E-state index in [2.05, 4.69) is 27.7 Å². The quantitative estimate of drug-likeness (QED) is 0.702. The van der Waals surface area contributed by atoms with E-state index in [1.165, 1.54) is 30.6 Å². The molecule has 8 heteroatoms. The van der Waals surface area contributed by atoms with Gasteiger partial charge >= 0.3 is 12.0 Å². The number of hydrogen-bond donors (Lipinski definition) is 1. The number of aromatic nitrogens is 4. The van der Waals surface area contributed by atoms with Crippen molar-refractivity contribution in [2.45, 2.75) is 45.6 Å². The van der Waals surface area contributed by atoms with Crippen molar-refractivity contribution < 1.29 is 9.53 Å². The van der Waals surface area contributed by atoms with Crippen molar-refractivity contribution in [2.75, 3.05) is 19.4 Å². The molecule has 1 heterocycles. The first-order valence-corrected chi connectivity index (χ1v) is 8.62. The molecule has 0 radical (unpaired) electrons. The molecule has 2 rings (SSSR count). The zero-order valence-electron chi connectivity index (χ0n) is 15.1. The summed E-state index contributed by atoms with van der Waals surface area (Å²) in [6, 6.07) is 7.05. The average Bonchev–Trinajstić information content (AvgIpc) is 3.03. The summed E-state index contributed by atoms with van der Waals surface area (Å²) in [6.07, 6.45) is 5.95. The number of ether oxygens (including phenoxy) is 1. The van der Waals surface area contributed by atoms with Gasteiger partial charge in [0.05, 0.1) is 6.54 Å². The lowest BCUT2D eigenvalue weighted by Gasteiger charge is -2.12. The van der Waals surface area contributed by atoms with Gasteiger partial charge < -0.3 is 15.0 Å².